The van der Waals surface area contributed by atoms with Crippen LogP contribution < -0.4 is 0 Å². The van der Waals surface area contributed by atoms with Gasteiger partial charge in [-0.05, 0) is 24.1 Å². The highest BCUT2D eigenvalue weighted by atomic mass is 35.5. The monoisotopic (exact) mass is 236 g/mol. The topological polar surface area (TPSA) is 0 Å². The fourth-order valence-electron chi connectivity index (χ4n) is 1.26. The highest BCUT2D eigenvalue weighted by molar-refractivity contribution is 6.30. The maximum Gasteiger partial charge on any atom is 0.394 e. The number of alkyl halides is 3. The molecule has 0 nitrogen and oxygen atoms in total. The standard InChI is InChI=1S/C11H12ClF3/c1-10(2,11(13,14)15)7-8-4-3-5-9(12)6-8/h3-6H,7H2,1-2H3. The van der Waals surface area contributed by atoms with Crippen molar-refractivity contribution in [3.8, 4) is 0 Å². The third-order valence-electron chi connectivity index (χ3n) is 2.30. The smallest absolute Gasteiger partial charge is 0.171 e. The summed E-state index contributed by atoms with van der Waals surface area (Å²) in [5.41, 5.74) is -1.12. The van der Waals surface area contributed by atoms with Gasteiger partial charge in [-0.15, -0.1) is 0 Å². The van der Waals surface area contributed by atoms with E-state index in [0.29, 0.717) is 10.6 Å². The summed E-state index contributed by atoms with van der Waals surface area (Å²) in [7, 11) is 0. The predicted octanol–water partition coefficient (Wildman–Crippen LogP) is 4.47. The summed E-state index contributed by atoms with van der Waals surface area (Å²) in [6.45, 7) is 2.38. The third kappa shape index (κ3) is 3.13. The maximum absolute atomic E-state index is 12.6. The SMILES string of the molecule is CC(C)(Cc1cccc(Cl)c1)C(F)(F)F. The Labute approximate surface area is 92.1 Å². The van der Waals surface area contributed by atoms with E-state index in [-0.39, 0.29) is 6.42 Å². The lowest BCUT2D eigenvalue weighted by Crippen LogP contribution is -2.34. The van der Waals surface area contributed by atoms with Gasteiger partial charge in [0.1, 0.15) is 0 Å². The van der Waals surface area contributed by atoms with Crippen LogP contribution >= 0.6 is 11.6 Å². The Morgan fingerprint density at radius 1 is 1.20 bits per heavy atom. The van der Waals surface area contributed by atoms with Crippen LogP contribution in [-0.4, -0.2) is 6.18 Å². The number of hydrogen-bond donors (Lipinski definition) is 0. The third-order valence-corrected chi connectivity index (χ3v) is 2.54. The number of benzene rings is 1. The molecule has 0 saturated heterocycles. The second-order valence-electron chi connectivity index (χ2n) is 4.19. The van der Waals surface area contributed by atoms with Crippen molar-refractivity contribution in [2.24, 2.45) is 5.41 Å². The highest BCUT2D eigenvalue weighted by Crippen LogP contribution is 2.40. The molecule has 0 bridgehead atoms. The molecule has 0 aromatic heterocycles. The molecule has 1 aromatic carbocycles. The minimum Gasteiger partial charge on any atom is -0.171 e. The number of rotatable bonds is 2. The van der Waals surface area contributed by atoms with E-state index in [1.165, 1.54) is 13.8 Å². The fourth-order valence-corrected chi connectivity index (χ4v) is 1.47. The second kappa shape index (κ2) is 4.05. The van der Waals surface area contributed by atoms with Crippen molar-refractivity contribution in [3.63, 3.8) is 0 Å². The molecule has 0 aliphatic heterocycles. The van der Waals surface area contributed by atoms with E-state index in [1.807, 2.05) is 0 Å². The molecule has 0 saturated carbocycles. The zero-order chi connectivity index (χ0) is 11.7. The lowest BCUT2D eigenvalue weighted by Gasteiger charge is -2.27. The van der Waals surface area contributed by atoms with Gasteiger partial charge in [0.15, 0.2) is 0 Å². The van der Waals surface area contributed by atoms with Crippen LogP contribution in [0.4, 0.5) is 13.2 Å². The average molecular weight is 237 g/mol. The van der Waals surface area contributed by atoms with Crippen LogP contribution in [0.15, 0.2) is 24.3 Å². The van der Waals surface area contributed by atoms with Gasteiger partial charge < -0.3 is 0 Å². The van der Waals surface area contributed by atoms with E-state index < -0.39 is 11.6 Å². The fraction of sp³-hybridized carbons (Fsp3) is 0.455. The van der Waals surface area contributed by atoms with E-state index in [9.17, 15) is 13.2 Å². The largest absolute Gasteiger partial charge is 0.394 e. The first kappa shape index (κ1) is 12.4. The number of hydrogen-bond acceptors (Lipinski definition) is 0. The molecule has 4 heteroatoms. The summed E-state index contributed by atoms with van der Waals surface area (Å²) in [6.07, 6.45) is -4.26. The van der Waals surface area contributed by atoms with Gasteiger partial charge in [-0.25, -0.2) is 0 Å². The zero-order valence-corrected chi connectivity index (χ0v) is 9.28. The number of halogens is 4. The molecule has 0 unspecified atom stereocenters. The Balaban J connectivity index is 2.87. The van der Waals surface area contributed by atoms with Crippen LogP contribution in [0.2, 0.25) is 5.02 Å². The Morgan fingerprint density at radius 2 is 1.80 bits per heavy atom. The quantitative estimate of drug-likeness (QED) is 0.711. The Morgan fingerprint density at radius 3 is 2.27 bits per heavy atom. The molecule has 0 N–H and O–H groups in total. The van der Waals surface area contributed by atoms with Gasteiger partial charge in [-0.3, -0.25) is 0 Å². The van der Waals surface area contributed by atoms with Gasteiger partial charge in [0.2, 0.25) is 0 Å². The summed E-state index contributed by atoms with van der Waals surface area (Å²) in [4.78, 5) is 0. The molecular formula is C11H12ClF3. The van der Waals surface area contributed by atoms with Crippen molar-refractivity contribution in [2.75, 3.05) is 0 Å². The predicted molar refractivity (Wildman–Crippen MR) is 55.0 cm³/mol. The molecule has 15 heavy (non-hydrogen) atoms. The van der Waals surface area contributed by atoms with Crippen molar-refractivity contribution in [2.45, 2.75) is 26.4 Å². The molecule has 0 amide bonds. The molecule has 0 heterocycles. The van der Waals surface area contributed by atoms with Gasteiger partial charge in [-0.1, -0.05) is 37.6 Å². The van der Waals surface area contributed by atoms with Crippen LogP contribution in [-0.2, 0) is 6.42 Å². The summed E-state index contributed by atoms with van der Waals surface area (Å²) >= 11 is 5.71. The lowest BCUT2D eigenvalue weighted by atomic mass is 9.85. The Bertz CT molecular complexity index is 342. The van der Waals surface area contributed by atoms with Gasteiger partial charge in [-0.2, -0.15) is 13.2 Å². The van der Waals surface area contributed by atoms with Crippen LogP contribution in [0.5, 0.6) is 0 Å². The van der Waals surface area contributed by atoms with Gasteiger partial charge >= 0.3 is 6.18 Å². The van der Waals surface area contributed by atoms with Gasteiger partial charge in [0.05, 0.1) is 5.41 Å². The molecule has 1 rings (SSSR count). The van der Waals surface area contributed by atoms with E-state index in [0.717, 1.165) is 0 Å². The first-order valence-electron chi connectivity index (χ1n) is 4.53. The maximum atomic E-state index is 12.6. The summed E-state index contributed by atoms with van der Waals surface area (Å²) in [5.74, 6) is 0. The summed E-state index contributed by atoms with van der Waals surface area (Å²) in [6, 6.07) is 6.52. The Kier molecular flexibility index (Phi) is 3.34. The molecule has 0 spiro atoms. The molecule has 0 fully saturated rings. The van der Waals surface area contributed by atoms with Gasteiger partial charge in [0, 0.05) is 5.02 Å². The molecule has 0 aliphatic carbocycles. The van der Waals surface area contributed by atoms with Crippen molar-refractivity contribution < 1.29 is 13.2 Å². The van der Waals surface area contributed by atoms with E-state index in [4.69, 9.17) is 11.6 Å². The van der Waals surface area contributed by atoms with Crippen molar-refractivity contribution in [1.82, 2.24) is 0 Å². The highest BCUT2D eigenvalue weighted by Gasteiger charge is 2.46. The minimum atomic E-state index is -4.20. The van der Waals surface area contributed by atoms with Crippen molar-refractivity contribution in [3.05, 3.63) is 34.9 Å². The van der Waals surface area contributed by atoms with Crippen LogP contribution in [0.25, 0.3) is 0 Å². The zero-order valence-electron chi connectivity index (χ0n) is 8.53. The van der Waals surface area contributed by atoms with E-state index in [2.05, 4.69) is 0 Å². The molecule has 84 valence electrons. The minimum absolute atomic E-state index is 0.0585. The van der Waals surface area contributed by atoms with Crippen molar-refractivity contribution in [1.29, 1.82) is 0 Å². The van der Waals surface area contributed by atoms with Crippen molar-refractivity contribution >= 4 is 11.6 Å². The van der Waals surface area contributed by atoms with E-state index in [1.54, 1.807) is 24.3 Å². The molecular weight excluding hydrogens is 225 g/mol. The molecule has 0 aliphatic rings. The summed E-state index contributed by atoms with van der Waals surface area (Å²) < 4.78 is 37.8. The first-order valence-corrected chi connectivity index (χ1v) is 4.91. The van der Waals surface area contributed by atoms with Gasteiger partial charge in [0.25, 0.3) is 0 Å². The second-order valence-corrected chi connectivity index (χ2v) is 4.62. The Hall–Kier alpha value is -0.700. The molecule has 0 radical (unpaired) electrons. The first-order chi connectivity index (χ1) is 6.72. The molecule has 1 aromatic rings. The normalized spacial score (nSPS) is 12.9. The van der Waals surface area contributed by atoms with Crippen LogP contribution in [0.3, 0.4) is 0 Å². The average Bonchev–Trinajstić information content (AvgIpc) is 2.00. The van der Waals surface area contributed by atoms with E-state index >= 15 is 0 Å². The molecule has 0 atom stereocenters. The van der Waals surface area contributed by atoms with Crippen LogP contribution in [0.1, 0.15) is 19.4 Å². The van der Waals surface area contributed by atoms with Crippen LogP contribution in [0, 0.1) is 5.41 Å². The lowest BCUT2D eigenvalue weighted by molar-refractivity contribution is -0.211. The summed E-state index contributed by atoms with van der Waals surface area (Å²) in [5, 5.41) is 0.463.